The monoisotopic (exact) mass is 435 g/mol. The largest absolute Gasteiger partial charge is 0.459 e. The van der Waals surface area contributed by atoms with Crippen molar-refractivity contribution in [2.75, 3.05) is 0 Å². The van der Waals surface area contributed by atoms with Gasteiger partial charge in [0.1, 0.15) is 11.6 Å². The molecule has 1 atom stereocenters. The second kappa shape index (κ2) is 10.3. The standard InChI is InChI=1S/C25H29N3O4/c1-25(2,3)32-24(30)22(14-19-16-27-21-7-5-4-6-20(19)21)26-15-18-10-8-17(9-11-18)12-13-23(29)28-31/h4-13,16,22,26-27,31H,14-15H2,1-3H3,(H,28,29)/b13-12+. The number of benzene rings is 2. The summed E-state index contributed by atoms with van der Waals surface area (Å²) in [6, 6.07) is 15.0. The van der Waals surface area contributed by atoms with Crippen LogP contribution in [0.15, 0.2) is 60.8 Å². The molecule has 3 rings (SSSR count). The maximum absolute atomic E-state index is 12.9. The molecule has 0 radical (unpaired) electrons. The summed E-state index contributed by atoms with van der Waals surface area (Å²) in [5.74, 6) is -0.884. The molecule has 1 aromatic heterocycles. The van der Waals surface area contributed by atoms with Crippen LogP contribution in [0.3, 0.4) is 0 Å². The lowest BCUT2D eigenvalue weighted by Gasteiger charge is -2.24. The van der Waals surface area contributed by atoms with Crippen molar-refractivity contribution in [3.63, 3.8) is 0 Å². The van der Waals surface area contributed by atoms with Gasteiger partial charge in [-0.2, -0.15) is 0 Å². The van der Waals surface area contributed by atoms with E-state index in [2.05, 4.69) is 10.3 Å². The Morgan fingerprint density at radius 3 is 2.53 bits per heavy atom. The molecule has 3 aromatic rings. The van der Waals surface area contributed by atoms with Crippen LogP contribution in [0.5, 0.6) is 0 Å². The second-order valence-electron chi connectivity index (χ2n) is 8.58. The number of hydrogen-bond acceptors (Lipinski definition) is 5. The lowest BCUT2D eigenvalue weighted by Crippen LogP contribution is -2.42. The van der Waals surface area contributed by atoms with Crippen LogP contribution in [-0.2, 0) is 27.3 Å². The molecular weight excluding hydrogens is 406 g/mol. The zero-order valence-electron chi connectivity index (χ0n) is 18.5. The minimum atomic E-state index is -0.590. The number of hydrogen-bond donors (Lipinski definition) is 4. The molecule has 7 nitrogen and oxygen atoms in total. The number of rotatable bonds is 8. The Hall–Kier alpha value is -3.42. The van der Waals surface area contributed by atoms with Crippen molar-refractivity contribution in [2.24, 2.45) is 0 Å². The third-order valence-corrected chi connectivity index (χ3v) is 4.86. The third kappa shape index (κ3) is 6.54. The fraction of sp³-hybridized carbons (Fsp3) is 0.280. The molecular formula is C25H29N3O4. The number of amides is 1. The van der Waals surface area contributed by atoms with Crippen LogP contribution in [0.4, 0.5) is 0 Å². The Balaban J connectivity index is 1.72. The van der Waals surface area contributed by atoms with E-state index in [4.69, 9.17) is 9.94 Å². The van der Waals surface area contributed by atoms with E-state index in [9.17, 15) is 9.59 Å². The highest BCUT2D eigenvalue weighted by Gasteiger charge is 2.26. The molecule has 1 amide bonds. The summed E-state index contributed by atoms with van der Waals surface area (Å²) in [6.07, 6.45) is 5.28. The van der Waals surface area contributed by atoms with Crippen LogP contribution in [-0.4, -0.2) is 33.7 Å². The van der Waals surface area contributed by atoms with E-state index in [1.54, 1.807) is 11.6 Å². The molecule has 0 saturated carbocycles. The average Bonchev–Trinajstić information content (AvgIpc) is 3.17. The fourth-order valence-corrected chi connectivity index (χ4v) is 3.33. The molecule has 0 fully saturated rings. The van der Waals surface area contributed by atoms with Crippen LogP contribution in [0, 0.1) is 0 Å². The normalized spacial score (nSPS) is 12.8. The molecule has 1 heterocycles. The first-order valence-corrected chi connectivity index (χ1v) is 10.5. The van der Waals surface area contributed by atoms with Gasteiger partial charge in [0.05, 0.1) is 0 Å². The van der Waals surface area contributed by atoms with Crippen molar-refractivity contribution >= 4 is 28.9 Å². The molecule has 0 aliphatic rings. The summed E-state index contributed by atoms with van der Waals surface area (Å²) in [5, 5.41) is 13.0. The molecule has 7 heteroatoms. The predicted octanol–water partition coefficient (Wildman–Crippen LogP) is 3.73. The number of H-pyrrole nitrogens is 1. The van der Waals surface area contributed by atoms with Crippen LogP contribution in [0.1, 0.15) is 37.5 Å². The summed E-state index contributed by atoms with van der Waals surface area (Å²) >= 11 is 0. The van der Waals surface area contributed by atoms with E-state index in [0.717, 1.165) is 27.6 Å². The van der Waals surface area contributed by atoms with Gasteiger partial charge in [-0.15, -0.1) is 0 Å². The molecule has 1 unspecified atom stereocenters. The van der Waals surface area contributed by atoms with Crippen LogP contribution < -0.4 is 10.8 Å². The van der Waals surface area contributed by atoms with Gasteiger partial charge in [-0.05, 0) is 49.6 Å². The number of hydroxylamine groups is 1. The molecule has 0 saturated heterocycles. The van der Waals surface area contributed by atoms with Gasteiger partial charge < -0.3 is 15.0 Å². The first-order chi connectivity index (χ1) is 15.2. The van der Waals surface area contributed by atoms with Gasteiger partial charge in [-0.1, -0.05) is 42.5 Å². The Morgan fingerprint density at radius 2 is 1.84 bits per heavy atom. The summed E-state index contributed by atoms with van der Waals surface area (Å²) in [4.78, 5) is 27.3. The first-order valence-electron chi connectivity index (χ1n) is 10.5. The van der Waals surface area contributed by atoms with Crippen molar-refractivity contribution in [1.82, 2.24) is 15.8 Å². The number of para-hydroxylation sites is 1. The topological polar surface area (TPSA) is 103 Å². The van der Waals surface area contributed by atoms with E-state index >= 15 is 0 Å². The van der Waals surface area contributed by atoms with Crippen molar-refractivity contribution in [3.05, 3.63) is 77.5 Å². The van der Waals surface area contributed by atoms with Gasteiger partial charge in [-0.25, -0.2) is 5.48 Å². The second-order valence-corrected chi connectivity index (χ2v) is 8.58. The molecule has 0 aliphatic heterocycles. The molecule has 0 spiro atoms. The summed E-state index contributed by atoms with van der Waals surface area (Å²) < 4.78 is 5.65. The number of carbonyl (C=O) groups is 2. The van der Waals surface area contributed by atoms with E-state index < -0.39 is 17.6 Å². The minimum absolute atomic E-state index is 0.294. The number of carbonyl (C=O) groups excluding carboxylic acids is 2. The zero-order valence-corrected chi connectivity index (χ0v) is 18.5. The predicted molar refractivity (Wildman–Crippen MR) is 124 cm³/mol. The lowest BCUT2D eigenvalue weighted by atomic mass is 10.0. The lowest BCUT2D eigenvalue weighted by molar-refractivity contribution is -0.157. The summed E-state index contributed by atoms with van der Waals surface area (Å²) in [6.45, 7) is 6.05. The smallest absolute Gasteiger partial charge is 0.324 e. The SMILES string of the molecule is CC(C)(C)OC(=O)C(Cc1c[nH]c2ccccc12)NCc1ccc(/C=C/C(=O)NO)cc1. The van der Waals surface area contributed by atoms with Gasteiger partial charge in [-0.3, -0.25) is 14.8 Å². The van der Waals surface area contributed by atoms with E-state index in [0.29, 0.717) is 13.0 Å². The highest BCUT2D eigenvalue weighted by Crippen LogP contribution is 2.20. The van der Waals surface area contributed by atoms with Gasteiger partial charge >= 0.3 is 5.97 Å². The average molecular weight is 436 g/mol. The highest BCUT2D eigenvalue weighted by molar-refractivity contribution is 5.90. The number of ether oxygens (including phenoxy) is 1. The minimum Gasteiger partial charge on any atom is -0.459 e. The van der Waals surface area contributed by atoms with E-state index in [-0.39, 0.29) is 5.97 Å². The van der Waals surface area contributed by atoms with Gasteiger partial charge in [0.2, 0.25) is 0 Å². The summed E-state index contributed by atoms with van der Waals surface area (Å²) in [7, 11) is 0. The molecule has 168 valence electrons. The quantitative estimate of drug-likeness (QED) is 0.187. The Labute approximate surface area is 187 Å². The highest BCUT2D eigenvalue weighted by atomic mass is 16.6. The van der Waals surface area contributed by atoms with Crippen LogP contribution in [0.2, 0.25) is 0 Å². The Kier molecular flexibility index (Phi) is 7.45. The third-order valence-electron chi connectivity index (χ3n) is 4.86. The van der Waals surface area contributed by atoms with Gasteiger partial charge in [0.15, 0.2) is 0 Å². The number of nitrogens with one attached hydrogen (secondary N) is 3. The number of aromatic amines is 1. The van der Waals surface area contributed by atoms with Gasteiger partial charge in [0.25, 0.3) is 5.91 Å². The number of esters is 1. The fourth-order valence-electron chi connectivity index (χ4n) is 3.33. The molecule has 0 bridgehead atoms. The number of aromatic nitrogens is 1. The maximum atomic E-state index is 12.9. The van der Waals surface area contributed by atoms with Crippen molar-refractivity contribution < 1.29 is 19.5 Å². The van der Waals surface area contributed by atoms with Crippen molar-refractivity contribution in [2.45, 2.75) is 45.4 Å². The Morgan fingerprint density at radius 1 is 1.12 bits per heavy atom. The van der Waals surface area contributed by atoms with Crippen molar-refractivity contribution in [3.8, 4) is 0 Å². The van der Waals surface area contributed by atoms with E-state index in [1.165, 1.54) is 6.08 Å². The Bertz CT molecular complexity index is 1090. The molecule has 32 heavy (non-hydrogen) atoms. The van der Waals surface area contributed by atoms with Crippen LogP contribution >= 0.6 is 0 Å². The summed E-state index contributed by atoms with van der Waals surface area (Å²) in [5.41, 5.74) is 4.86. The first kappa shape index (κ1) is 23.2. The molecule has 4 N–H and O–H groups in total. The zero-order chi connectivity index (χ0) is 23.1. The van der Waals surface area contributed by atoms with Crippen LogP contribution in [0.25, 0.3) is 17.0 Å². The molecule has 0 aliphatic carbocycles. The maximum Gasteiger partial charge on any atom is 0.324 e. The van der Waals surface area contributed by atoms with E-state index in [1.807, 2.05) is 75.5 Å². The molecule has 2 aromatic carbocycles. The van der Waals surface area contributed by atoms with Gasteiger partial charge in [0, 0.05) is 36.1 Å². The van der Waals surface area contributed by atoms with Crippen molar-refractivity contribution in [1.29, 1.82) is 0 Å². The number of fused-ring (bicyclic) bond motifs is 1.